The zero-order chi connectivity index (χ0) is 19.5. The third kappa shape index (κ3) is 5.24. The van der Waals surface area contributed by atoms with E-state index in [9.17, 15) is 61.5 Å². The maximum Gasteiger partial charge on any atom is 0.434 e. The zero-order valence-electron chi connectivity index (χ0n) is 10.5. The molecule has 142 valence electrons. The smallest absolute Gasteiger partial charge is 0.255 e. The Balaban J connectivity index is 0. The molecule has 0 fully saturated rings. The van der Waals surface area contributed by atoms with Crippen molar-refractivity contribution in [3.63, 3.8) is 0 Å². The van der Waals surface area contributed by atoms with Gasteiger partial charge in [0.05, 0.1) is 7.18 Å². The van der Waals surface area contributed by atoms with E-state index in [-0.39, 0.29) is 0 Å². The molecule has 0 aliphatic heterocycles. The summed E-state index contributed by atoms with van der Waals surface area (Å²) in [5.41, 5.74) is -7.21. The number of hydrogen-bond acceptors (Lipinski definition) is 1. The van der Waals surface area contributed by atoms with Crippen molar-refractivity contribution in [2.75, 3.05) is 13.9 Å². The molecule has 0 radical (unpaired) electrons. The number of hydrogen-bond donors (Lipinski definition) is 0. The second-order valence-electron chi connectivity index (χ2n) is 3.50. The van der Waals surface area contributed by atoms with E-state index in [1.807, 2.05) is 0 Å². The fraction of sp³-hybridized carbons (Fsp3) is 1.00. The van der Waals surface area contributed by atoms with Gasteiger partial charge in [-0.1, -0.05) is 0 Å². The third-order valence-electron chi connectivity index (χ3n) is 1.91. The Morgan fingerprint density at radius 1 is 0.783 bits per heavy atom. The summed E-state index contributed by atoms with van der Waals surface area (Å²) in [5.74, 6) is 0. The fourth-order valence-electron chi connectivity index (χ4n) is 0.971. The highest BCUT2D eigenvalue weighted by Crippen LogP contribution is 2.54. The van der Waals surface area contributed by atoms with Crippen molar-refractivity contribution in [1.82, 2.24) is 0 Å². The molecule has 0 saturated heterocycles. The Bertz CT molecular complexity index is 359. The Hall–Kier alpha value is -1.02. The summed E-state index contributed by atoms with van der Waals surface area (Å²) in [6, 6.07) is 0. The molecular formula is C8H6F14O. The van der Waals surface area contributed by atoms with Crippen LogP contribution in [0.2, 0.25) is 0 Å². The average molecular weight is 384 g/mol. The summed E-state index contributed by atoms with van der Waals surface area (Å²) < 4.78 is 169. The Kier molecular flexibility index (Phi) is 7.64. The van der Waals surface area contributed by atoms with Gasteiger partial charge in [-0.2, -0.15) is 43.9 Å². The molecule has 0 N–H and O–H groups in total. The summed E-state index contributed by atoms with van der Waals surface area (Å²) in [4.78, 5) is 0. The third-order valence-corrected chi connectivity index (χ3v) is 1.91. The SMILES string of the molecule is CF.FCC(F)(F)OC(F)(F)C(F)(C(F)C(F)(F)F)C(F)(F)F. The molecule has 0 amide bonds. The number of alkyl halides is 14. The van der Waals surface area contributed by atoms with Crippen LogP contribution in [0.4, 0.5) is 61.5 Å². The van der Waals surface area contributed by atoms with Crippen molar-refractivity contribution < 1.29 is 66.2 Å². The van der Waals surface area contributed by atoms with E-state index in [0.717, 1.165) is 0 Å². The monoisotopic (exact) mass is 384 g/mol. The molecule has 0 heterocycles. The lowest BCUT2D eigenvalue weighted by atomic mass is 9.97. The largest absolute Gasteiger partial charge is 0.434 e. The molecule has 0 aromatic carbocycles. The van der Waals surface area contributed by atoms with Crippen LogP contribution in [0.3, 0.4) is 0 Å². The molecule has 0 aliphatic rings. The average Bonchev–Trinajstić information content (AvgIpc) is 2.35. The van der Waals surface area contributed by atoms with E-state index in [1.54, 1.807) is 4.74 Å². The van der Waals surface area contributed by atoms with Gasteiger partial charge in [-0.15, -0.1) is 0 Å². The summed E-state index contributed by atoms with van der Waals surface area (Å²) in [6.07, 6.45) is -33.0. The van der Waals surface area contributed by atoms with Gasteiger partial charge >= 0.3 is 30.2 Å². The lowest BCUT2D eigenvalue weighted by molar-refractivity contribution is -0.464. The van der Waals surface area contributed by atoms with E-state index in [1.165, 1.54) is 0 Å². The Morgan fingerprint density at radius 2 is 1.13 bits per heavy atom. The van der Waals surface area contributed by atoms with Crippen LogP contribution in [0.25, 0.3) is 0 Å². The lowest BCUT2D eigenvalue weighted by Gasteiger charge is -2.37. The van der Waals surface area contributed by atoms with Gasteiger partial charge < -0.3 is 0 Å². The van der Waals surface area contributed by atoms with Crippen molar-refractivity contribution in [3.05, 3.63) is 0 Å². The standard InChI is InChI=1S/C7H3F13O.CH3F/c8-1-3(10,11)21-7(19,20)4(12,6(16,17)18)2(9)5(13,14)15;1-2/h2H,1H2;1H3. The van der Waals surface area contributed by atoms with Crippen molar-refractivity contribution in [2.45, 2.75) is 36.4 Å². The molecule has 1 nitrogen and oxygen atoms in total. The van der Waals surface area contributed by atoms with E-state index in [4.69, 9.17) is 0 Å². The first-order valence-electron chi connectivity index (χ1n) is 4.78. The second-order valence-corrected chi connectivity index (χ2v) is 3.50. The van der Waals surface area contributed by atoms with Crippen molar-refractivity contribution >= 4 is 0 Å². The van der Waals surface area contributed by atoms with Gasteiger partial charge in [0.2, 0.25) is 6.17 Å². The number of halogens is 14. The minimum atomic E-state index is -7.31. The van der Waals surface area contributed by atoms with Crippen LogP contribution in [-0.4, -0.2) is 50.3 Å². The summed E-state index contributed by atoms with van der Waals surface area (Å²) in [5, 5.41) is 0. The van der Waals surface area contributed by atoms with Gasteiger partial charge in [-0.25, -0.2) is 13.2 Å². The quantitative estimate of drug-likeness (QED) is 0.612. The van der Waals surface area contributed by atoms with Gasteiger partial charge in [-0.05, 0) is 0 Å². The second kappa shape index (κ2) is 7.25. The summed E-state index contributed by atoms with van der Waals surface area (Å²) in [7, 11) is 0.500. The van der Waals surface area contributed by atoms with Gasteiger partial charge in [0, 0.05) is 0 Å². The maximum absolute atomic E-state index is 13.1. The van der Waals surface area contributed by atoms with Crippen molar-refractivity contribution in [1.29, 1.82) is 0 Å². The molecule has 0 aromatic rings. The Morgan fingerprint density at radius 3 is 1.35 bits per heavy atom. The molecule has 0 bridgehead atoms. The van der Waals surface area contributed by atoms with Gasteiger partial charge in [0.1, 0.15) is 0 Å². The highest BCUT2D eigenvalue weighted by atomic mass is 19.4. The summed E-state index contributed by atoms with van der Waals surface area (Å²) >= 11 is 0. The first kappa shape index (κ1) is 24.2. The van der Waals surface area contributed by atoms with E-state index >= 15 is 0 Å². The van der Waals surface area contributed by atoms with Gasteiger partial charge in [-0.3, -0.25) is 9.13 Å². The van der Waals surface area contributed by atoms with Gasteiger partial charge in [0.25, 0.3) is 0 Å². The number of rotatable bonds is 5. The van der Waals surface area contributed by atoms with Crippen LogP contribution in [0.1, 0.15) is 0 Å². The van der Waals surface area contributed by atoms with Crippen LogP contribution >= 0.6 is 0 Å². The fourth-order valence-corrected chi connectivity index (χ4v) is 0.971. The van der Waals surface area contributed by atoms with Crippen LogP contribution in [0.15, 0.2) is 0 Å². The van der Waals surface area contributed by atoms with Crippen LogP contribution < -0.4 is 0 Å². The molecule has 0 aliphatic carbocycles. The normalized spacial score (nSPS) is 17.9. The molecule has 23 heavy (non-hydrogen) atoms. The van der Waals surface area contributed by atoms with E-state index in [2.05, 4.69) is 0 Å². The topological polar surface area (TPSA) is 9.23 Å². The maximum atomic E-state index is 13.1. The predicted molar refractivity (Wildman–Crippen MR) is 44.8 cm³/mol. The molecule has 0 aromatic heterocycles. The molecule has 0 rings (SSSR count). The highest BCUT2D eigenvalue weighted by molar-refractivity contribution is 5.04. The lowest BCUT2D eigenvalue weighted by Crippen LogP contribution is -2.67. The van der Waals surface area contributed by atoms with Crippen molar-refractivity contribution in [2.24, 2.45) is 0 Å². The molecule has 15 heteroatoms. The molecule has 2 atom stereocenters. The van der Waals surface area contributed by atoms with Crippen molar-refractivity contribution in [3.8, 4) is 0 Å². The molecule has 0 saturated carbocycles. The first-order chi connectivity index (χ1) is 9.92. The van der Waals surface area contributed by atoms with Gasteiger partial charge in [0.15, 0.2) is 6.67 Å². The minimum Gasteiger partial charge on any atom is -0.255 e. The molecular weight excluding hydrogens is 378 g/mol. The zero-order valence-corrected chi connectivity index (χ0v) is 10.5. The minimum absolute atomic E-state index is 0.500. The highest BCUT2D eigenvalue weighted by Gasteiger charge is 2.82. The van der Waals surface area contributed by atoms with E-state index < -0.39 is 43.1 Å². The van der Waals surface area contributed by atoms with Crippen LogP contribution in [0, 0.1) is 0 Å². The van der Waals surface area contributed by atoms with E-state index in [0.29, 0.717) is 7.18 Å². The molecule has 2 unspecified atom stereocenters. The van der Waals surface area contributed by atoms with Crippen LogP contribution in [-0.2, 0) is 4.74 Å². The Labute approximate surface area is 118 Å². The number of ether oxygens (including phenoxy) is 1. The summed E-state index contributed by atoms with van der Waals surface area (Å²) in [6.45, 7) is -3.22. The predicted octanol–water partition coefficient (Wildman–Crippen LogP) is 4.91. The first-order valence-corrected chi connectivity index (χ1v) is 4.78. The van der Waals surface area contributed by atoms with Crippen LogP contribution in [0.5, 0.6) is 0 Å². The molecule has 0 spiro atoms.